The molecule has 9 heteroatoms. The minimum atomic E-state index is -0.342. The van der Waals surface area contributed by atoms with Gasteiger partial charge < -0.3 is 9.32 Å². The second kappa shape index (κ2) is 8.20. The Bertz CT molecular complexity index is 963. The molecule has 0 bridgehead atoms. The van der Waals surface area contributed by atoms with Gasteiger partial charge in [-0.05, 0) is 24.1 Å². The van der Waals surface area contributed by atoms with Crippen molar-refractivity contribution in [3.63, 3.8) is 0 Å². The highest BCUT2D eigenvalue weighted by molar-refractivity contribution is 5.93. The molecule has 3 aromatic rings. The number of aromatic nitrogens is 4. The van der Waals surface area contributed by atoms with Crippen LogP contribution in [-0.2, 0) is 26.4 Å². The van der Waals surface area contributed by atoms with E-state index < -0.39 is 0 Å². The number of nitrogens with one attached hydrogen (secondary N) is 1. The van der Waals surface area contributed by atoms with E-state index in [0.717, 1.165) is 16.8 Å². The number of hydrogen-bond acceptors (Lipinski definition) is 5. The van der Waals surface area contributed by atoms with E-state index >= 15 is 0 Å². The van der Waals surface area contributed by atoms with Crippen molar-refractivity contribution in [3.8, 4) is 11.1 Å². The summed E-state index contributed by atoms with van der Waals surface area (Å²) in [6, 6.07) is 5.79. The highest BCUT2D eigenvalue weighted by Crippen LogP contribution is 2.32. The van der Waals surface area contributed by atoms with Crippen molar-refractivity contribution < 1.29 is 13.6 Å². The number of halogens is 1. The molecular formula is C19H23FN6O2. The molecule has 2 amide bonds. The molecule has 2 heterocycles. The summed E-state index contributed by atoms with van der Waals surface area (Å²) < 4.78 is 20.4. The van der Waals surface area contributed by atoms with Gasteiger partial charge in [0.15, 0.2) is 0 Å². The molecule has 0 spiro atoms. The molecule has 0 radical (unpaired) electrons. The SMILES string of the molecule is CCc1nnc(CN(C)C(=O)Nc2c(-c3ccc(F)cc3)c(CC)nn2C)o1. The number of anilines is 1. The smallest absolute Gasteiger partial charge is 0.323 e. The Morgan fingerprint density at radius 2 is 1.86 bits per heavy atom. The highest BCUT2D eigenvalue weighted by atomic mass is 19.1. The summed E-state index contributed by atoms with van der Waals surface area (Å²) in [7, 11) is 3.40. The molecule has 0 saturated heterocycles. The zero-order valence-electron chi connectivity index (χ0n) is 16.4. The average molecular weight is 386 g/mol. The van der Waals surface area contributed by atoms with Crippen molar-refractivity contribution in [1.29, 1.82) is 0 Å². The molecule has 0 unspecified atom stereocenters. The number of urea groups is 1. The third-order valence-electron chi connectivity index (χ3n) is 4.34. The van der Waals surface area contributed by atoms with Crippen LogP contribution in [0.1, 0.15) is 31.3 Å². The molecular weight excluding hydrogens is 363 g/mol. The van der Waals surface area contributed by atoms with Crippen LogP contribution in [0.4, 0.5) is 15.0 Å². The normalized spacial score (nSPS) is 10.9. The van der Waals surface area contributed by atoms with E-state index in [-0.39, 0.29) is 18.4 Å². The van der Waals surface area contributed by atoms with E-state index in [9.17, 15) is 9.18 Å². The van der Waals surface area contributed by atoms with Crippen LogP contribution < -0.4 is 5.32 Å². The zero-order valence-corrected chi connectivity index (χ0v) is 16.4. The highest BCUT2D eigenvalue weighted by Gasteiger charge is 2.21. The van der Waals surface area contributed by atoms with Crippen LogP contribution in [0.25, 0.3) is 11.1 Å². The minimum absolute atomic E-state index is 0.184. The van der Waals surface area contributed by atoms with Crippen LogP contribution >= 0.6 is 0 Å². The number of amides is 2. The average Bonchev–Trinajstić information content (AvgIpc) is 3.26. The summed E-state index contributed by atoms with van der Waals surface area (Å²) in [4.78, 5) is 14.1. The van der Waals surface area contributed by atoms with Gasteiger partial charge in [-0.1, -0.05) is 26.0 Å². The Morgan fingerprint density at radius 3 is 2.46 bits per heavy atom. The van der Waals surface area contributed by atoms with Gasteiger partial charge in [0.05, 0.1) is 5.69 Å². The van der Waals surface area contributed by atoms with Crippen molar-refractivity contribution in [2.45, 2.75) is 33.2 Å². The molecule has 0 aliphatic rings. The first-order valence-electron chi connectivity index (χ1n) is 9.08. The van der Waals surface area contributed by atoms with Gasteiger partial charge in [0.1, 0.15) is 18.2 Å². The van der Waals surface area contributed by atoms with Gasteiger partial charge in [0, 0.05) is 26.1 Å². The Kier molecular flexibility index (Phi) is 5.72. The predicted octanol–water partition coefficient (Wildman–Crippen LogP) is 3.40. The van der Waals surface area contributed by atoms with Crippen LogP contribution in [-0.4, -0.2) is 38.0 Å². The summed E-state index contributed by atoms with van der Waals surface area (Å²) in [6.07, 6.45) is 1.31. The van der Waals surface area contributed by atoms with Crippen molar-refractivity contribution >= 4 is 11.8 Å². The summed E-state index contributed by atoms with van der Waals surface area (Å²) in [5, 5.41) is 15.2. The maximum absolute atomic E-state index is 13.3. The van der Waals surface area contributed by atoms with Gasteiger partial charge in [-0.25, -0.2) is 9.18 Å². The molecule has 3 rings (SSSR count). The number of nitrogens with zero attached hydrogens (tertiary/aromatic N) is 5. The lowest BCUT2D eigenvalue weighted by atomic mass is 10.0. The first kappa shape index (κ1) is 19.5. The number of rotatable bonds is 6. The van der Waals surface area contributed by atoms with Crippen LogP contribution in [0, 0.1) is 5.82 Å². The standard InChI is InChI=1S/C19H23FN6O2/c1-5-14-17(12-7-9-13(20)10-8-12)18(26(4)24-14)21-19(27)25(3)11-16-23-22-15(6-2)28-16/h7-10H,5-6,11H2,1-4H3,(H,21,27). The monoisotopic (exact) mass is 386 g/mol. The van der Waals surface area contributed by atoms with Gasteiger partial charge in [-0.2, -0.15) is 5.10 Å². The molecule has 1 N–H and O–H groups in total. The number of hydrogen-bond donors (Lipinski definition) is 1. The van der Waals surface area contributed by atoms with E-state index in [1.165, 1.54) is 17.0 Å². The van der Waals surface area contributed by atoms with Gasteiger partial charge >= 0.3 is 6.03 Å². The number of carbonyl (C=O) groups is 1. The quantitative estimate of drug-likeness (QED) is 0.701. The topological polar surface area (TPSA) is 89.1 Å². The van der Waals surface area contributed by atoms with Gasteiger partial charge in [-0.15, -0.1) is 10.2 Å². The van der Waals surface area contributed by atoms with Crippen molar-refractivity contribution in [2.24, 2.45) is 7.05 Å². The van der Waals surface area contributed by atoms with Crippen LogP contribution in [0.2, 0.25) is 0 Å². The zero-order chi connectivity index (χ0) is 20.3. The lowest BCUT2D eigenvalue weighted by molar-refractivity contribution is 0.215. The Balaban J connectivity index is 1.83. The van der Waals surface area contributed by atoms with Crippen LogP contribution in [0.15, 0.2) is 28.7 Å². The van der Waals surface area contributed by atoms with E-state index in [2.05, 4.69) is 20.6 Å². The third-order valence-corrected chi connectivity index (χ3v) is 4.34. The summed E-state index contributed by atoms with van der Waals surface area (Å²) >= 11 is 0. The number of aryl methyl sites for hydroxylation is 3. The van der Waals surface area contributed by atoms with Gasteiger partial charge in [0.2, 0.25) is 11.8 Å². The minimum Gasteiger partial charge on any atom is -0.423 e. The molecule has 0 saturated carbocycles. The second-order valence-corrected chi connectivity index (χ2v) is 6.38. The maximum Gasteiger partial charge on any atom is 0.323 e. The van der Waals surface area contributed by atoms with E-state index in [4.69, 9.17) is 4.42 Å². The first-order chi connectivity index (χ1) is 13.4. The molecule has 0 aliphatic heterocycles. The van der Waals surface area contributed by atoms with E-state index in [1.54, 1.807) is 30.9 Å². The Morgan fingerprint density at radius 1 is 1.18 bits per heavy atom. The fourth-order valence-electron chi connectivity index (χ4n) is 2.86. The first-order valence-corrected chi connectivity index (χ1v) is 9.08. The maximum atomic E-state index is 13.3. The molecule has 8 nitrogen and oxygen atoms in total. The lowest BCUT2D eigenvalue weighted by Gasteiger charge is -2.17. The summed E-state index contributed by atoms with van der Waals surface area (Å²) in [6.45, 7) is 4.08. The van der Waals surface area contributed by atoms with Crippen molar-refractivity contribution in [2.75, 3.05) is 12.4 Å². The summed E-state index contributed by atoms with van der Waals surface area (Å²) in [5.74, 6) is 1.12. The van der Waals surface area contributed by atoms with E-state index in [0.29, 0.717) is 30.4 Å². The third kappa shape index (κ3) is 4.03. The van der Waals surface area contributed by atoms with Gasteiger partial charge in [-0.3, -0.25) is 10.00 Å². The van der Waals surface area contributed by atoms with Crippen molar-refractivity contribution in [1.82, 2.24) is 24.9 Å². The van der Waals surface area contributed by atoms with Crippen molar-refractivity contribution in [3.05, 3.63) is 47.6 Å². The molecule has 1 aromatic carbocycles. The fraction of sp³-hybridized carbons (Fsp3) is 0.368. The molecule has 0 aliphatic carbocycles. The number of benzene rings is 1. The second-order valence-electron chi connectivity index (χ2n) is 6.38. The Hall–Kier alpha value is -3.23. The van der Waals surface area contributed by atoms with Crippen LogP contribution in [0.3, 0.4) is 0 Å². The predicted molar refractivity (Wildman–Crippen MR) is 102 cm³/mol. The fourth-order valence-corrected chi connectivity index (χ4v) is 2.86. The van der Waals surface area contributed by atoms with Gasteiger partial charge in [0.25, 0.3) is 0 Å². The molecule has 28 heavy (non-hydrogen) atoms. The molecule has 2 aromatic heterocycles. The molecule has 0 atom stereocenters. The summed E-state index contributed by atoms with van der Waals surface area (Å²) in [5.41, 5.74) is 2.38. The lowest BCUT2D eigenvalue weighted by Crippen LogP contribution is -2.31. The largest absolute Gasteiger partial charge is 0.423 e. The molecule has 148 valence electrons. The number of carbonyl (C=O) groups excluding carboxylic acids is 1. The molecule has 0 fully saturated rings. The Labute approximate surface area is 162 Å². The van der Waals surface area contributed by atoms with E-state index in [1.807, 2.05) is 13.8 Å². The van der Waals surface area contributed by atoms with Crippen LogP contribution in [0.5, 0.6) is 0 Å².